The summed E-state index contributed by atoms with van der Waals surface area (Å²) in [6.45, 7) is 10.2. The molecule has 0 bridgehead atoms. The number of thiazole rings is 1. The van der Waals surface area contributed by atoms with Gasteiger partial charge in [-0.3, -0.25) is 0 Å². The van der Waals surface area contributed by atoms with Crippen molar-refractivity contribution in [2.24, 2.45) is 7.05 Å². The number of imidazole rings is 1. The molecule has 0 aliphatic rings. The van der Waals surface area contributed by atoms with Gasteiger partial charge in [0.1, 0.15) is 21.4 Å². The molecule has 0 fully saturated rings. The van der Waals surface area contributed by atoms with Gasteiger partial charge >= 0.3 is 0 Å². The molecule has 4 heterocycles. The number of thioether (sulfide) groups is 1. The summed E-state index contributed by atoms with van der Waals surface area (Å²) in [5, 5.41) is 3.87. The average Bonchev–Trinajstić information content (AvgIpc) is 3.48. The van der Waals surface area contributed by atoms with Crippen LogP contribution in [0.1, 0.15) is 32.5 Å². The number of pyridine rings is 1. The first-order valence-corrected chi connectivity index (χ1v) is 12.9. The second-order valence-corrected chi connectivity index (χ2v) is 10.6. The first-order valence-electron chi connectivity index (χ1n) is 10.3. The number of thiophene rings is 1. The molecule has 2 N–H and O–H groups in total. The van der Waals surface area contributed by atoms with Crippen LogP contribution in [0.15, 0.2) is 40.7 Å². The number of nitrogens with two attached hydrogens (primary N) is 1. The number of anilines is 1. The molecular weight excluding hydrogens is 458 g/mol. The van der Waals surface area contributed by atoms with Gasteiger partial charge in [-0.1, -0.05) is 19.9 Å². The van der Waals surface area contributed by atoms with Gasteiger partial charge in [0.2, 0.25) is 0 Å². The van der Waals surface area contributed by atoms with Gasteiger partial charge in [-0.05, 0) is 13.0 Å². The summed E-state index contributed by atoms with van der Waals surface area (Å²) >= 11 is 4.93. The zero-order valence-corrected chi connectivity index (χ0v) is 21.5. The number of rotatable bonds is 7. The SMILES string of the molecule is C=CC.COCCSc1sc2nc(-c3nccs3)cc(-c3cnc(C(C)C)n3C)c2c1N. The smallest absolute Gasteiger partial charge is 0.141 e. The molecule has 170 valence electrons. The van der Waals surface area contributed by atoms with Gasteiger partial charge in [0, 0.05) is 48.4 Å². The van der Waals surface area contributed by atoms with Crippen LogP contribution in [0, 0.1) is 0 Å². The molecule has 0 spiro atoms. The zero-order valence-electron chi connectivity index (χ0n) is 19.1. The largest absolute Gasteiger partial charge is 0.397 e. The standard InChI is InChI=1S/C20H23N5OS3.C3H6/c1-11(2)17-23-10-14(25(17)3)12-9-13(18-22-5-7-27-18)24-19-15(12)16(21)20(29-19)28-8-6-26-4;1-3-2/h5,7,9-11H,6,8,21H2,1-4H3;3H,1H2,2H3. The Kier molecular flexibility index (Phi) is 8.47. The van der Waals surface area contributed by atoms with E-state index < -0.39 is 0 Å². The maximum atomic E-state index is 6.61. The van der Waals surface area contributed by atoms with Gasteiger partial charge in [0.05, 0.1) is 28.4 Å². The fraction of sp³-hybridized carbons (Fsp3) is 0.348. The molecule has 0 atom stereocenters. The molecule has 0 aliphatic carbocycles. The molecular formula is C23H29N5OS3. The van der Waals surface area contributed by atoms with Gasteiger partial charge in [-0.25, -0.2) is 15.0 Å². The maximum absolute atomic E-state index is 6.61. The Morgan fingerprint density at radius 2 is 2.09 bits per heavy atom. The number of methoxy groups -OCH3 is 1. The van der Waals surface area contributed by atoms with Gasteiger partial charge < -0.3 is 15.0 Å². The zero-order chi connectivity index (χ0) is 23.3. The van der Waals surface area contributed by atoms with E-state index >= 15 is 0 Å². The third-order valence-corrected chi connectivity index (χ3v) is 7.80. The van der Waals surface area contributed by atoms with Crippen molar-refractivity contribution in [3.63, 3.8) is 0 Å². The highest BCUT2D eigenvalue weighted by molar-refractivity contribution is 8.01. The highest BCUT2D eigenvalue weighted by Gasteiger charge is 2.21. The van der Waals surface area contributed by atoms with Crippen LogP contribution >= 0.6 is 34.4 Å². The van der Waals surface area contributed by atoms with Crippen LogP contribution in [-0.4, -0.2) is 39.0 Å². The highest BCUT2D eigenvalue weighted by Crippen LogP contribution is 2.45. The maximum Gasteiger partial charge on any atom is 0.141 e. The van der Waals surface area contributed by atoms with E-state index in [1.54, 1.807) is 53.8 Å². The van der Waals surface area contributed by atoms with E-state index in [9.17, 15) is 0 Å². The Bertz CT molecular complexity index is 1180. The first-order chi connectivity index (χ1) is 15.4. The molecule has 0 aliphatic heterocycles. The monoisotopic (exact) mass is 487 g/mol. The molecule has 4 aromatic rings. The quantitative estimate of drug-likeness (QED) is 0.183. The minimum Gasteiger partial charge on any atom is -0.397 e. The van der Waals surface area contributed by atoms with Crippen molar-refractivity contribution < 1.29 is 4.74 Å². The second-order valence-electron chi connectivity index (χ2n) is 7.34. The lowest BCUT2D eigenvalue weighted by molar-refractivity contribution is 0.218. The molecule has 0 radical (unpaired) electrons. The number of ether oxygens (including phenoxy) is 1. The van der Waals surface area contributed by atoms with Crippen LogP contribution in [0.4, 0.5) is 5.69 Å². The fourth-order valence-corrected chi connectivity index (χ4v) is 6.16. The number of nitrogen functional groups attached to an aromatic ring is 1. The van der Waals surface area contributed by atoms with Crippen molar-refractivity contribution >= 4 is 50.3 Å². The molecule has 0 unspecified atom stereocenters. The third kappa shape index (κ3) is 5.06. The van der Waals surface area contributed by atoms with Crippen LogP contribution in [0.5, 0.6) is 0 Å². The fourth-order valence-electron chi connectivity index (χ4n) is 3.30. The molecule has 0 amide bonds. The van der Waals surface area contributed by atoms with Crippen molar-refractivity contribution in [1.82, 2.24) is 19.5 Å². The number of hydrogen-bond donors (Lipinski definition) is 1. The first kappa shape index (κ1) is 24.4. The van der Waals surface area contributed by atoms with E-state index in [4.69, 9.17) is 15.5 Å². The van der Waals surface area contributed by atoms with Crippen molar-refractivity contribution in [3.05, 3.63) is 42.3 Å². The lowest BCUT2D eigenvalue weighted by atomic mass is 10.1. The van der Waals surface area contributed by atoms with Crippen molar-refractivity contribution in [3.8, 4) is 22.0 Å². The normalized spacial score (nSPS) is 11.1. The summed E-state index contributed by atoms with van der Waals surface area (Å²) in [6, 6.07) is 2.09. The Morgan fingerprint density at radius 1 is 1.34 bits per heavy atom. The summed E-state index contributed by atoms with van der Waals surface area (Å²) in [5.74, 6) is 2.24. The van der Waals surface area contributed by atoms with Gasteiger partial charge in [-0.2, -0.15) is 0 Å². The Balaban J connectivity index is 0.000000913. The minimum absolute atomic E-state index is 0.337. The molecule has 4 aromatic heterocycles. The molecule has 9 heteroatoms. The van der Waals surface area contributed by atoms with E-state index in [0.717, 1.165) is 53.6 Å². The Hall–Kier alpha value is -2.20. The number of fused-ring (bicyclic) bond motifs is 1. The molecule has 6 nitrogen and oxygen atoms in total. The van der Waals surface area contributed by atoms with Crippen molar-refractivity contribution in [2.45, 2.75) is 30.9 Å². The summed E-state index contributed by atoms with van der Waals surface area (Å²) in [7, 11) is 3.77. The van der Waals surface area contributed by atoms with E-state index in [1.165, 1.54) is 0 Å². The van der Waals surface area contributed by atoms with E-state index in [-0.39, 0.29) is 0 Å². The molecule has 4 rings (SSSR count). The van der Waals surface area contributed by atoms with Gasteiger partial charge in [0.15, 0.2) is 0 Å². The van der Waals surface area contributed by atoms with Gasteiger partial charge in [0.25, 0.3) is 0 Å². The molecule has 32 heavy (non-hydrogen) atoms. The number of allylic oxidation sites excluding steroid dienone is 1. The number of aromatic nitrogens is 4. The molecule has 0 saturated carbocycles. The average molecular weight is 488 g/mol. The summed E-state index contributed by atoms with van der Waals surface area (Å²) in [4.78, 5) is 14.9. The van der Waals surface area contributed by atoms with Crippen LogP contribution in [0.2, 0.25) is 0 Å². The summed E-state index contributed by atoms with van der Waals surface area (Å²) in [6.07, 6.45) is 5.49. The third-order valence-electron chi connectivity index (χ3n) is 4.65. The van der Waals surface area contributed by atoms with Crippen LogP contribution in [-0.2, 0) is 11.8 Å². The topological polar surface area (TPSA) is 78.9 Å². The minimum atomic E-state index is 0.337. The van der Waals surface area contributed by atoms with Gasteiger partial charge in [-0.15, -0.1) is 41.0 Å². The lowest BCUT2D eigenvalue weighted by Crippen LogP contribution is -2.02. The number of hydrogen-bond acceptors (Lipinski definition) is 8. The van der Waals surface area contributed by atoms with Crippen LogP contribution in [0.3, 0.4) is 0 Å². The second kappa shape index (κ2) is 11.1. The van der Waals surface area contributed by atoms with E-state index in [1.807, 2.05) is 18.5 Å². The Labute approximate surface area is 201 Å². The predicted molar refractivity (Wildman–Crippen MR) is 140 cm³/mol. The summed E-state index contributed by atoms with van der Waals surface area (Å²) in [5.41, 5.74) is 10.3. The molecule has 0 saturated heterocycles. The molecule has 0 aromatic carbocycles. The van der Waals surface area contributed by atoms with E-state index in [0.29, 0.717) is 12.5 Å². The van der Waals surface area contributed by atoms with Crippen LogP contribution in [0.25, 0.3) is 32.2 Å². The summed E-state index contributed by atoms with van der Waals surface area (Å²) < 4.78 is 8.42. The number of nitrogens with zero attached hydrogens (tertiary/aromatic N) is 4. The van der Waals surface area contributed by atoms with Crippen LogP contribution < -0.4 is 5.73 Å². The Morgan fingerprint density at radius 3 is 2.69 bits per heavy atom. The predicted octanol–water partition coefficient (Wildman–Crippen LogP) is 6.46. The lowest BCUT2D eigenvalue weighted by Gasteiger charge is -2.11. The van der Waals surface area contributed by atoms with E-state index in [2.05, 4.69) is 48.1 Å². The van der Waals surface area contributed by atoms with Crippen molar-refractivity contribution in [1.29, 1.82) is 0 Å². The van der Waals surface area contributed by atoms with Crippen molar-refractivity contribution in [2.75, 3.05) is 25.2 Å². The highest BCUT2D eigenvalue weighted by atomic mass is 32.2.